The number of amides is 1. The Bertz CT molecular complexity index is 567. The zero-order valence-corrected chi connectivity index (χ0v) is 12.3. The molecule has 0 spiro atoms. The van der Waals surface area contributed by atoms with Crippen LogP contribution in [0.2, 0.25) is 0 Å². The summed E-state index contributed by atoms with van der Waals surface area (Å²) < 4.78 is 26.5. The first-order chi connectivity index (χ1) is 8.96. The molecule has 1 saturated heterocycles. The minimum absolute atomic E-state index is 0.0505. The van der Waals surface area contributed by atoms with Crippen LogP contribution in [0.25, 0.3) is 0 Å². The Labute approximate surface area is 116 Å². The van der Waals surface area contributed by atoms with Crippen LogP contribution in [0, 0.1) is 5.92 Å². The van der Waals surface area contributed by atoms with Gasteiger partial charge in [-0.05, 0) is 30.2 Å². The first-order valence-corrected chi connectivity index (χ1v) is 8.37. The fraction of sp³-hybridized carbons (Fsp3) is 0.545. The lowest BCUT2D eigenvalue weighted by Gasteiger charge is -2.29. The number of hydrogen-bond acceptors (Lipinski definition) is 5. The van der Waals surface area contributed by atoms with Crippen LogP contribution in [0.15, 0.2) is 16.3 Å². The summed E-state index contributed by atoms with van der Waals surface area (Å²) in [5.74, 6) is 4.85. The van der Waals surface area contributed by atoms with Crippen molar-refractivity contribution in [1.82, 2.24) is 9.73 Å². The third kappa shape index (κ3) is 2.81. The van der Waals surface area contributed by atoms with E-state index in [9.17, 15) is 13.2 Å². The van der Waals surface area contributed by atoms with Crippen LogP contribution < -0.4 is 11.3 Å². The van der Waals surface area contributed by atoms with E-state index in [0.29, 0.717) is 19.0 Å². The average Bonchev–Trinajstić information content (AvgIpc) is 2.87. The second-order valence-electron chi connectivity index (χ2n) is 4.70. The zero-order chi connectivity index (χ0) is 14.0. The number of thiophene rings is 1. The van der Waals surface area contributed by atoms with Crippen LogP contribution in [0.5, 0.6) is 0 Å². The SMILES string of the molecule is C[C@H]1CCCN(S(=O)(=O)c2ccsc2C(=O)NN)C1. The fourth-order valence-electron chi connectivity index (χ4n) is 2.24. The van der Waals surface area contributed by atoms with Crippen molar-refractivity contribution in [3.05, 3.63) is 16.3 Å². The largest absolute Gasteiger partial charge is 0.289 e. The second-order valence-corrected chi connectivity index (χ2v) is 7.52. The quantitative estimate of drug-likeness (QED) is 0.490. The van der Waals surface area contributed by atoms with Crippen molar-refractivity contribution >= 4 is 27.3 Å². The maximum Gasteiger partial charge on any atom is 0.276 e. The number of nitrogens with one attached hydrogen (secondary N) is 1. The predicted octanol–water partition coefficient (Wildman–Crippen LogP) is 0.772. The standard InChI is InChI=1S/C11H17N3O3S2/c1-8-3-2-5-14(7-8)19(16,17)9-4-6-18-10(9)11(15)13-12/h4,6,8H,2-3,5,7,12H2,1H3,(H,13,15)/t8-/m0/s1. The highest BCUT2D eigenvalue weighted by Crippen LogP contribution is 2.28. The third-order valence-corrected chi connectivity index (χ3v) is 6.15. The number of nitrogens with two attached hydrogens (primary N) is 1. The maximum atomic E-state index is 12.5. The number of sulfonamides is 1. The molecule has 8 heteroatoms. The molecule has 1 aromatic heterocycles. The van der Waals surface area contributed by atoms with E-state index in [1.165, 1.54) is 10.4 Å². The zero-order valence-electron chi connectivity index (χ0n) is 10.6. The molecule has 2 heterocycles. The van der Waals surface area contributed by atoms with Crippen molar-refractivity contribution in [2.75, 3.05) is 13.1 Å². The van der Waals surface area contributed by atoms with Gasteiger partial charge in [0.05, 0.1) is 0 Å². The summed E-state index contributed by atoms with van der Waals surface area (Å²) in [6.07, 6.45) is 1.88. The van der Waals surface area contributed by atoms with E-state index in [4.69, 9.17) is 5.84 Å². The van der Waals surface area contributed by atoms with Crippen LogP contribution in [-0.2, 0) is 10.0 Å². The molecule has 19 heavy (non-hydrogen) atoms. The van der Waals surface area contributed by atoms with E-state index < -0.39 is 15.9 Å². The summed E-state index contributed by atoms with van der Waals surface area (Å²) in [5.41, 5.74) is 1.98. The summed E-state index contributed by atoms with van der Waals surface area (Å²) in [7, 11) is -3.61. The van der Waals surface area contributed by atoms with Gasteiger partial charge >= 0.3 is 0 Å². The minimum Gasteiger partial charge on any atom is -0.289 e. The number of piperidine rings is 1. The van der Waals surface area contributed by atoms with E-state index in [-0.39, 0.29) is 9.77 Å². The van der Waals surface area contributed by atoms with Gasteiger partial charge in [-0.2, -0.15) is 4.31 Å². The topological polar surface area (TPSA) is 92.5 Å². The summed E-state index contributed by atoms with van der Waals surface area (Å²) >= 11 is 1.08. The van der Waals surface area contributed by atoms with Crippen molar-refractivity contribution in [2.45, 2.75) is 24.7 Å². The maximum absolute atomic E-state index is 12.5. The van der Waals surface area contributed by atoms with E-state index in [0.717, 1.165) is 24.2 Å². The van der Waals surface area contributed by atoms with Gasteiger partial charge in [0.25, 0.3) is 5.91 Å². The predicted molar refractivity (Wildman–Crippen MR) is 73.1 cm³/mol. The first-order valence-electron chi connectivity index (χ1n) is 6.05. The monoisotopic (exact) mass is 303 g/mol. The van der Waals surface area contributed by atoms with Gasteiger partial charge in [-0.3, -0.25) is 10.2 Å². The molecule has 0 radical (unpaired) electrons. The Kier molecular flexibility index (Phi) is 4.24. The third-order valence-electron chi connectivity index (χ3n) is 3.20. The molecular formula is C11H17N3O3S2. The number of carbonyl (C=O) groups is 1. The Morgan fingerprint density at radius 2 is 2.32 bits per heavy atom. The molecule has 1 atom stereocenters. The van der Waals surface area contributed by atoms with Crippen LogP contribution in [-0.4, -0.2) is 31.7 Å². The summed E-state index contributed by atoms with van der Waals surface area (Å²) in [5, 5.41) is 1.59. The highest BCUT2D eigenvalue weighted by molar-refractivity contribution is 7.89. The summed E-state index contributed by atoms with van der Waals surface area (Å²) in [4.78, 5) is 11.8. The molecule has 6 nitrogen and oxygen atoms in total. The van der Waals surface area contributed by atoms with Gasteiger partial charge in [0.2, 0.25) is 10.0 Å². The van der Waals surface area contributed by atoms with Gasteiger partial charge in [-0.25, -0.2) is 14.3 Å². The molecule has 0 unspecified atom stereocenters. The number of nitrogen functional groups attached to an aromatic ring is 1. The molecule has 0 aliphatic carbocycles. The molecular weight excluding hydrogens is 286 g/mol. The number of nitrogens with zero attached hydrogens (tertiary/aromatic N) is 1. The van der Waals surface area contributed by atoms with E-state index in [2.05, 4.69) is 0 Å². The fourth-order valence-corrected chi connectivity index (χ4v) is 5.14. The van der Waals surface area contributed by atoms with Gasteiger partial charge in [0, 0.05) is 13.1 Å². The Hall–Kier alpha value is -0.960. The average molecular weight is 303 g/mol. The highest BCUT2D eigenvalue weighted by Gasteiger charge is 2.32. The molecule has 1 aliphatic rings. The second kappa shape index (κ2) is 5.58. The minimum atomic E-state index is -3.61. The Balaban J connectivity index is 2.34. The van der Waals surface area contributed by atoms with Gasteiger partial charge in [-0.1, -0.05) is 6.92 Å². The molecule has 0 aromatic carbocycles. The normalized spacial score (nSPS) is 21.3. The van der Waals surface area contributed by atoms with Crippen molar-refractivity contribution in [3.8, 4) is 0 Å². The van der Waals surface area contributed by atoms with Gasteiger partial charge in [-0.15, -0.1) is 11.3 Å². The lowest BCUT2D eigenvalue weighted by Crippen LogP contribution is -2.40. The molecule has 1 amide bonds. The van der Waals surface area contributed by atoms with Crippen molar-refractivity contribution in [1.29, 1.82) is 0 Å². The van der Waals surface area contributed by atoms with Crippen LogP contribution in [0.1, 0.15) is 29.4 Å². The van der Waals surface area contributed by atoms with Crippen LogP contribution >= 0.6 is 11.3 Å². The van der Waals surface area contributed by atoms with Gasteiger partial charge < -0.3 is 0 Å². The molecule has 1 aromatic rings. The molecule has 2 rings (SSSR count). The first kappa shape index (κ1) is 14.4. The highest BCUT2D eigenvalue weighted by atomic mass is 32.2. The van der Waals surface area contributed by atoms with Crippen molar-refractivity contribution < 1.29 is 13.2 Å². The van der Waals surface area contributed by atoms with E-state index >= 15 is 0 Å². The lowest BCUT2D eigenvalue weighted by molar-refractivity contribution is 0.0954. The number of hydrazine groups is 1. The van der Waals surface area contributed by atoms with E-state index in [1.807, 2.05) is 12.3 Å². The molecule has 0 bridgehead atoms. The van der Waals surface area contributed by atoms with Crippen LogP contribution in [0.3, 0.4) is 0 Å². The molecule has 1 fully saturated rings. The molecule has 106 valence electrons. The van der Waals surface area contributed by atoms with Crippen molar-refractivity contribution in [3.63, 3.8) is 0 Å². The van der Waals surface area contributed by atoms with E-state index in [1.54, 1.807) is 5.38 Å². The lowest BCUT2D eigenvalue weighted by atomic mass is 10.0. The number of carbonyl (C=O) groups excluding carboxylic acids is 1. The van der Waals surface area contributed by atoms with Gasteiger partial charge in [0.15, 0.2) is 0 Å². The summed E-state index contributed by atoms with van der Waals surface area (Å²) in [6, 6.07) is 1.46. The molecule has 0 saturated carbocycles. The Morgan fingerprint density at radius 1 is 1.58 bits per heavy atom. The molecule has 1 aliphatic heterocycles. The molecule has 3 N–H and O–H groups in total. The van der Waals surface area contributed by atoms with Crippen LogP contribution in [0.4, 0.5) is 0 Å². The smallest absolute Gasteiger partial charge is 0.276 e. The Morgan fingerprint density at radius 3 is 2.95 bits per heavy atom. The number of rotatable bonds is 3. The van der Waals surface area contributed by atoms with Gasteiger partial charge in [0.1, 0.15) is 9.77 Å². The summed E-state index contributed by atoms with van der Waals surface area (Å²) in [6.45, 7) is 3.04. The van der Waals surface area contributed by atoms with Crippen molar-refractivity contribution in [2.24, 2.45) is 11.8 Å². The number of hydrogen-bond donors (Lipinski definition) is 2.